The average molecular weight is 368 g/mol. The van der Waals surface area contributed by atoms with E-state index >= 15 is 0 Å². The normalized spacial score (nSPS) is 18.1. The van der Waals surface area contributed by atoms with Crippen molar-refractivity contribution in [3.8, 4) is 0 Å². The molecule has 2 aromatic heterocycles. The monoisotopic (exact) mass is 368 g/mol. The van der Waals surface area contributed by atoms with Gasteiger partial charge in [-0.25, -0.2) is 4.39 Å². The Bertz CT molecular complexity index is 901. The van der Waals surface area contributed by atoms with Gasteiger partial charge in [0.2, 0.25) is 0 Å². The van der Waals surface area contributed by atoms with Crippen LogP contribution < -0.4 is 0 Å². The van der Waals surface area contributed by atoms with Gasteiger partial charge in [-0.2, -0.15) is 5.10 Å². The molecule has 1 aliphatic rings. The molecule has 0 N–H and O–H groups in total. The summed E-state index contributed by atoms with van der Waals surface area (Å²) in [6, 6.07) is 6.95. The number of rotatable bonds is 5. The van der Waals surface area contributed by atoms with E-state index in [0.29, 0.717) is 12.5 Å². The zero-order valence-corrected chi connectivity index (χ0v) is 15.8. The van der Waals surface area contributed by atoms with Crippen LogP contribution >= 0.6 is 0 Å². The zero-order chi connectivity index (χ0) is 18.8. The van der Waals surface area contributed by atoms with E-state index in [4.69, 9.17) is 0 Å². The Balaban J connectivity index is 1.47. The largest absolute Gasteiger partial charge is 0.316 e. The van der Waals surface area contributed by atoms with E-state index in [1.165, 1.54) is 6.07 Å². The number of hydrogen-bond acceptors (Lipinski definition) is 4. The van der Waals surface area contributed by atoms with Gasteiger partial charge in [0.25, 0.3) is 0 Å². The first kappa shape index (κ1) is 17.9. The van der Waals surface area contributed by atoms with Crippen molar-refractivity contribution in [2.45, 2.75) is 38.8 Å². The van der Waals surface area contributed by atoms with E-state index in [1.807, 2.05) is 37.0 Å². The molecule has 1 atom stereocenters. The molecular weight excluding hydrogens is 343 g/mol. The number of piperidine rings is 1. The van der Waals surface area contributed by atoms with Crippen LogP contribution in [-0.4, -0.2) is 42.5 Å². The topological polar surface area (TPSA) is 51.8 Å². The molecule has 3 heterocycles. The van der Waals surface area contributed by atoms with E-state index in [2.05, 4.69) is 24.8 Å². The van der Waals surface area contributed by atoms with Crippen molar-refractivity contribution in [1.82, 2.24) is 29.4 Å². The maximum atomic E-state index is 13.6. The molecule has 1 aromatic carbocycles. The number of aromatic nitrogens is 5. The maximum absolute atomic E-state index is 13.6. The van der Waals surface area contributed by atoms with Crippen LogP contribution in [0.15, 0.2) is 36.7 Å². The Hall–Kier alpha value is -2.54. The summed E-state index contributed by atoms with van der Waals surface area (Å²) in [7, 11) is 2.03. The molecule has 3 aromatic rings. The average Bonchev–Trinajstić information content (AvgIpc) is 3.29. The van der Waals surface area contributed by atoms with Crippen molar-refractivity contribution >= 4 is 0 Å². The molecule has 4 rings (SSSR count). The number of hydrogen-bond donors (Lipinski definition) is 0. The SMILES string of the molecule is Cc1ccc(F)cc1CN1CCC[C@@H](c2nnc(Cn3cccn3)n2C)C1. The Morgan fingerprint density at radius 1 is 1.22 bits per heavy atom. The van der Waals surface area contributed by atoms with Gasteiger partial charge in [0.05, 0.1) is 0 Å². The lowest BCUT2D eigenvalue weighted by atomic mass is 9.96. The van der Waals surface area contributed by atoms with Gasteiger partial charge in [-0.3, -0.25) is 9.58 Å². The molecule has 1 aliphatic heterocycles. The highest BCUT2D eigenvalue weighted by Gasteiger charge is 2.26. The summed E-state index contributed by atoms with van der Waals surface area (Å²) in [6.07, 6.45) is 5.91. The van der Waals surface area contributed by atoms with Crippen LogP contribution in [0.3, 0.4) is 0 Å². The Labute approximate surface area is 158 Å². The Morgan fingerprint density at radius 2 is 2.11 bits per heavy atom. The van der Waals surface area contributed by atoms with Crippen molar-refractivity contribution in [2.75, 3.05) is 13.1 Å². The molecule has 7 heteroatoms. The van der Waals surface area contributed by atoms with Gasteiger partial charge in [-0.05, 0) is 55.6 Å². The first-order valence-electron chi connectivity index (χ1n) is 9.43. The minimum atomic E-state index is -0.166. The zero-order valence-electron chi connectivity index (χ0n) is 15.8. The Morgan fingerprint density at radius 3 is 2.93 bits per heavy atom. The van der Waals surface area contributed by atoms with E-state index in [0.717, 1.165) is 55.3 Å². The smallest absolute Gasteiger partial charge is 0.154 e. The van der Waals surface area contributed by atoms with Gasteiger partial charge in [0.15, 0.2) is 5.82 Å². The molecule has 0 saturated carbocycles. The molecule has 0 amide bonds. The summed E-state index contributed by atoms with van der Waals surface area (Å²) in [5, 5.41) is 13.1. The summed E-state index contributed by atoms with van der Waals surface area (Å²) in [5.41, 5.74) is 2.20. The quantitative estimate of drug-likeness (QED) is 0.695. The van der Waals surface area contributed by atoms with Crippen LogP contribution in [0, 0.1) is 12.7 Å². The second-order valence-corrected chi connectivity index (χ2v) is 7.38. The van der Waals surface area contributed by atoms with Gasteiger partial charge in [-0.15, -0.1) is 10.2 Å². The lowest BCUT2D eigenvalue weighted by Crippen LogP contribution is -2.35. The lowest BCUT2D eigenvalue weighted by Gasteiger charge is -2.32. The minimum Gasteiger partial charge on any atom is -0.316 e. The molecule has 0 radical (unpaired) electrons. The molecule has 142 valence electrons. The van der Waals surface area contributed by atoms with Crippen molar-refractivity contribution in [2.24, 2.45) is 7.05 Å². The van der Waals surface area contributed by atoms with Crippen LogP contribution in [-0.2, 0) is 20.1 Å². The molecular formula is C20H25FN6. The fourth-order valence-corrected chi connectivity index (χ4v) is 3.87. The number of halogens is 1. The van der Waals surface area contributed by atoms with Gasteiger partial charge >= 0.3 is 0 Å². The predicted molar refractivity (Wildman–Crippen MR) is 101 cm³/mol. The maximum Gasteiger partial charge on any atom is 0.154 e. The number of nitrogens with zero attached hydrogens (tertiary/aromatic N) is 6. The van der Waals surface area contributed by atoms with Gasteiger partial charge < -0.3 is 4.57 Å². The summed E-state index contributed by atoms with van der Waals surface area (Å²) in [4.78, 5) is 2.40. The molecule has 0 unspecified atom stereocenters. The third-order valence-corrected chi connectivity index (χ3v) is 5.44. The predicted octanol–water partition coefficient (Wildman–Crippen LogP) is 2.89. The van der Waals surface area contributed by atoms with Crippen LogP contribution in [0.2, 0.25) is 0 Å². The first-order valence-corrected chi connectivity index (χ1v) is 9.43. The van der Waals surface area contributed by atoms with Crippen molar-refractivity contribution in [1.29, 1.82) is 0 Å². The molecule has 0 spiro atoms. The Kier molecular flexibility index (Phi) is 5.03. The molecule has 0 bridgehead atoms. The van der Waals surface area contributed by atoms with E-state index < -0.39 is 0 Å². The molecule has 1 saturated heterocycles. The lowest BCUT2D eigenvalue weighted by molar-refractivity contribution is 0.194. The fraction of sp³-hybridized carbons (Fsp3) is 0.450. The van der Waals surface area contributed by atoms with Crippen LogP contribution in [0.4, 0.5) is 4.39 Å². The van der Waals surface area contributed by atoms with Crippen LogP contribution in [0.25, 0.3) is 0 Å². The van der Waals surface area contributed by atoms with Gasteiger partial charge in [0.1, 0.15) is 18.2 Å². The summed E-state index contributed by atoms with van der Waals surface area (Å²) >= 11 is 0. The molecule has 27 heavy (non-hydrogen) atoms. The number of likely N-dealkylation sites (tertiary alicyclic amines) is 1. The minimum absolute atomic E-state index is 0.166. The van der Waals surface area contributed by atoms with Gasteiger partial charge in [-0.1, -0.05) is 6.07 Å². The summed E-state index contributed by atoms with van der Waals surface area (Å²) < 4.78 is 17.6. The summed E-state index contributed by atoms with van der Waals surface area (Å²) in [6.45, 7) is 5.39. The number of benzene rings is 1. The van der Waals surface area contributed by atoms with Crippen LogP contribution in [0.5, 0.6) is 0 Å². The van der Waals surface area contributed by atoms with E-state index in [1.54, 1.807) is 12.3 Å². The van der Waals surface area contributed by atoms with Crippen molar-refractivity contribution in [3.63, 3.8) is 0 Å². The summed E-state index contributed by atoms with van der Waals surface area (Å²) in [5.74, 6) is 2.11. The molecule has 0 aliphatic carbocycles. The molecule has 6 nitrogen and oxygen atoms in total. The highest BCUT2D eigenvalue weighted by atomic mass is 19.1. The third-order valence-electron chi connectivity index (χ3n) is 5.44. The molecule has 1 fully saturated rings. The third kappa shape index (κ3) is 3.93. The van der Waals surface area contributed by atoms with E-state index in [-0.39, 0.29) is 5.82 Å². The second kappa shape index (κ2) is 7.60. The van der Waals surface area contributed by atoms with Crippen molar-refractivity contribution < 1.29 is 4.39 Å². The second-order valence-electron chi connectivity index (χ2n) is 7.38. The highest BCUT2D eigenvalue weighted by Crippen LogP contribution is 2.27. The van der Waals surface area contributed by atoms with Crippen LogP contribution in [0.1, 0.15) is 41.5 Å². The van der Waals surface area contributed by atoms with Gasteiger partial charge in [0, 0.05) is 38.4 Å². The highest BCUT2D eigenvalue weighted by molar-refractivity contribution is 5.26. The number of aryl methyl sites for hydroxylation is 1. The fourth-order valence-electron chi connectivity index (χ4n) is 3.87. The first-order chi connectivity index (χ1) is 13.1. The van der Waals surface area contributed by atoms with Crippen molar-refractivity contribution in [3.05, 3.63) is 65.3 Å². The standard InChI is InChI=1S/C20H25FN6/c1-15-6-7-18(21)11-17(15)13-26-9-3-5-16(12-26)20-24-23-19(25(20)2)14-27-10-4-8-22-27/h4,6-8,10-11,16H,3,5,9,12-14H2,1-2H3/t16-/m1/s1. The van der Waals surface area contributed by atoms with E-state index in [9.17, 15) is 4.39 Å².